The van der Waals surface area contributed by atoms with Gasteiger partial charge in [0.25, 0.3) is 5.91 Å². The number of nitrogens with zero attached hydrogens (tertiary/aromatic N) is 2. The summed E-state index contributed by atoms with van der Waals surface area (Å²) >= 11 is 0. The Bertz CT molecular complexity index is 1290. The van der Waals surface area contributed by atoms with Gasteiger partial charge >= 0.3 is 0 Å². The van der Waals surface area contributed by atoms with Crippen molar-refractivity contribution in [2.24, 2.45) is 5.41 Å². The van der Waals surface area contributed by atoms with Crippen LogP contribution >= 0.6 is 0 Å². The Labute approximate surface area is 194 Å². The van der Waals surface area contributed by atoms with Gasteiger partial charge in [-0.2, -0.15) is 5.10 Å². The van der Waals surface area contributed by atoms with Crippen LogP contribution in [0.3, 0.4) is 0 Å². The third kappa shape index (κ3) is 3.54. The lowest BCUT2D eigenvalue weighted by atomic mass is 9.54. The van der Waals surface area contributed by atoms with Gasteiger partial charge < -0.3 is 5.32 Å². The Morgan fingerprint density at radius 1 is 0.970 bits per heavy atom. The van der Waals surface area contributed by atoms with Gasteiger partial charge in [-0.05, 0) is 60.8 Å². The number of carbonyl (C=O) groups excluding carboxylic acids is 1. The van der Waals surface area contributed by atoms with E-state index in [2.05, 4.69) is 60.8 Å². The smallest absolute Gasteiger partial charge is 0.253 e. The molecule has 0 aliphatic heterocycles. The summed E-state index contributed by atoms with van der Waals surface area (Å²) in [5.41, 5.74) is 5.74. The van der Waals surface area contributed by atoms with E-state index >= 15 is 0 Å². The van der Waals surface area contributed by atoms with Crippen LogP contribution in [0.1, 0.15) is 61.0 Å². The Morgan fingerprint density at radius 3 is 2.39 bits per heavy atom. The Morgan fingerprint density at radius 2 is 1.70 bits per heavy atom. The van der Waals surface area contributed by atoms with Crippen LogP contribution in [0.15, 0.2) is 79.0 Å². The van der Waals surface area contributed by atoms with Gasteiger partial charge in [-0.3, -0.25) is 9.48 Å². The molecule has 1 spiro atoms. The molecule has 4 nitrogen and oxygen atoms in total. The van der Waals surface area contributed by atoms with Gasteiger partial charge in [0.2, 0.25) is 0 Å². The lowest BCUT2D eigenvalue weighted by Gasteiger charge is -2.54. The molecule has 3 aromatic carbocycles. The summed E-state index contributed by atoms with van der Waals surface area (Å²) in [6.07, 6.45) is 8.16. The van der Waals surface area contributed by atoms with Crippen molar-refractivity contribution in [3.05, 3.63) is 90.1 Å². The molecule has 1 aromatic heterocycles. The van der Waals surface area contributed by atoms with E-state index in [4.69, 9.17) is 5.10 Å². The molecule has 1 atom stereocenters. The predicted molar refractivity (Wildman–Crippen MR) is 132 cm³/mol. The van der Waals surface area contributed by atoms with E-state index in [1.165, 1.54) is 36.0 Å². The molecule has 2 aliphatic carbocycles. The summed E-state index contributed by atoms with van der Waals surface area (Å²) in [5, 5.41) is 8.98. The van der Waals surface area contributed by atoms with E-state index in [0.29, 0.717) is 17.0 Å². The normalized spacial score (nSPS) is 18.0. The molecule has 6 rings (SSSR count). The molecule has 2 saturated carbocycles. The van der Waals surface area contributed by atoms with Crippen LogP contribution < -0.4 is 5.32 Å². The van der Waals surface area contributed by atoms with Crippen LogP contribution in [0.4, 0.5) is 0 Å². The SMILES string of the molecule is C[C@H](c1ccc(-c2ccccc2)cc1)n1ncc2cccc(C(=O)NC3CC4(CCC4)C3)c21. The van der Waals surface area contributed by atoms with E-state index in [-0.39, 0.29) is 11.9 Å². The van der Waals surface area contributed by atoms with Gasteiger partial charge in [-0.25, -0.2) is 0 Å². The highest BCUT2D eigenvalue weighted by atomic mass is 16.1. The fourth-order valence-corrected chi connectivity index (χ4v) is 5.74. The second-order valence-corrected chi connectivity index (χ2v) is 9.93. The number of benzene rings is 3. The molecule has 33 heavy (non-hydrogen) atoms. The van der Waals surface area contributed by atoms with Crippen molar-refractivity contribution in [1.82, 2.24) is 15.1 Å². The van der Waals surface area contributed by atoms with E-state index in [9.17, 15) is 4.79 Å². The number of aromatic nitrogens is 2. The second kappa shape index (κ2) is 7.87. The van der Waals surface area contributed by atoms with Gasteiger partial charge in [0.05, 0.1) is 23.3 Å². The summed E-state index contributed by atoms with van der Waals surface area (Å²) in [7, 11) is 0. The number of amides is 1. The van der Waals surface area contributed by atoms with Gasteiger partial charge in [0.1, 0.15) is 0 Å². The molecule has 0 unspecified atom stereocenters. The summed E-state index contributed by atoms with van der Waals surface area (Å²) in [4.78, 5) is 13.2. The van der Waals surface area contributed by atoms with Crippen LogP contribution in [0.2, 0.25) is 0 Å². The predicted octanol–water partition coefficient (Wildman–Crippen LogP) is 6.38. The van der Waals surface area contributed by atoms with Crippen LogP contribution in [-0.2, 0) is 0 Å². The minimum atomic E-state index is 0.0169. The maximum absolute atomic E-state index is 13.2. The molecular formula is C29H29N3O. The number of nitrogens with one attached hydrogen (secondary N) is 1. The number of carbonyl (C=O) groups is 1. The monoisotopic (exact) mass is 435 g/mol. The molecule has 4 heteroatoms. The third-order valence-electron chi connectivity index (χ3n) is 7.84. The quantitative estimate of drug-likeness (QED) is 0.396. The van der Waals surface area contributed by atoms with Crippen LogP contribution in [0, 0.1) is 5.41 Å². The van der Waals surface area contributed by atoms with Crippen LogP contribution in [0.5, 0.6) is 0 Å². The highest BCUT2D eigenvalue weighted by molar-refractivity contribution is 6.05. The van der Waals surface area contributed by atoms with Crippen molar-refractivity contribution in [2.45, 2.75) is 51.1 Å². The van der Waals surface area contributed by atoms with Crippen molar-refractivity contribution in [2.75, 3.05) is 0 Å². The molecule has 1 amide bonds. The molecule has 2 aliphatic rings. The molecular weight excluding hydrogens is 406 g/mol. The molecule has 1 heterocycles. The summed E-state index contributed by atoms with van der Waals surface area (Å²) < 4.78 is 2.00. The fourth-order valence-electron chi connectivity index (χ4n) is 5.74. The maximum Gasteiger partial charge on any atom is 0.253 e. The standard InChI is InChI=1S/C29H29N3O/c1-20(21-11-13-23(14-12-21)22-7-3-2-4-8-22)32-27-24(19-30-32)9-5-10-26(27)28(33)31-25-17-29(18-25)15-6-16-29/h2-5,7-14,19-20,25H,6,15-18H2,1H3,(H,31,33)/t20-/m1/s1. The molecule has 0 saturated heterocycles. The Balaban J connectivity index is 1.26. The lowest BCUT2D eigenvalue weighted by Crippen LogP contribution is -2.53. The minimum Gasteiger partial charge on any atom is -0.349 e. The molecule has 0 bridgehead atoms. The molecule has 1 N–H and O–H groups in total. The second-order valence-electron chi connectivity index (χ2n) is 9.93. The first kappa shape index (κ1) is 20.2. The van der Waals surface area contributed by atoms with E-state index in [1.54, 1.807) is 0 Å². The molecule has 2 fully saturated rings. The number of hydrogen-bond donors (Lipinski definition) is 1. The Kier molecular flexibility index (Phi) is 4.83. The van der Waals surface area contributed by atoms with Crippen LogP contribution in [0.25, 0.3) is 22.0 Å². The third-order valence-corrected chi connectivity index (χ3v) is 7.84. The highest BCUT2D eigenvalue weighted by Gasteiger charge is 2.48. The van der Waals surface area contributed by atoms with Crippen LogP contribution in [-0.4, -0.2) is 21.7 Å². The van der Waals surface area contributed by atoms with Gasteiger partial charge in [0.15, 0.2) is 0 Å². The van der Waals surface area contributed by atoms with Crippen molar-refractivity contribution in [1.29, 1.82) is 0 Å². The number of hydrogen-bond acceptors (Lipinski definition) is 2. The lowest BCUT2D eigenvalue weighted by molar-refractivity contribution is -0.000604. The molecule has 0 radical (unpaired) electrons. The van der Waals surface area contributed by atoms with Crippen molar-refractivity contribution in [3.63, 3.8) is 0 Å². The largest absolute Gasteiger partial charge is 0.349 e. The Hall–Kier alpha value is -3.40. The first-order chi connectivity index (χ1) is 16.1. The zero-order chi connectivity index (χ0) is 22.4. The average molecular weight is 436 g/mol. The molecule has 4 aromatic rings. The average Bonchev–Trinajstić information content (AvgIpc) is 3.24. The zero-order valence-electron chi connectivity index (χ0n) is 19.0. The summed E-state index contributed by atoms with van der Waals surface area (Å²) in [6.45, 7) is 2.14. The minimum absolute atomic E-state index is 0.0169. The maximum atomic E-state index is 13.2. The van der Waals surface area contributed by atoms with Crippen molar-refractivity contribution < 1.29 is 4.79 Å². The van der Waals surface area contributed by atoms with Crippen molar-refractivity contribution in [3.8, 4) is 11.1 Å². The van der Waals surface area contributed by atoms with E-state index in [0.717, 1.165) is 23.7 Å². The van der Waals surface area contributed by atoms with E-state index in [1.807, 2.05) is 35.1 Å². The summed E-state index contributed by atoms with van der Waals surface area (Å²) in [6, 6.07) is 25.3. The number of fused-ring (bicyclic) bond motifs is 1. The number of rotatable bonds is 5. The first-order valence-electron chi connectivity index (χ1n) is 12.0. The zero-order valence-corrected chi connectivity index (χ0v) is 19.0. The highest BCUT2D eigenvalue weighted by Crippen LogP contribution is 2.55. The fraction of sp³-hybridized carbons (Fsp3) is 0.310. The topological polar surface area (TPSA) is 46.9 Å². The number of para-hydroxylation sites is 1. The van der Waals surface area contributed by atoms with Crippen molar-refractivity contribution >= 4 is 16.8 Å². The first-order valence-corrected chi connectivity index (χ1v) is 12.0. The summed E-state index contributed by atoms with van der Waals surface area (Å²) in [5.74, 6) is 0.0214. The molecule has 166 valence electrons. The van der Waals surface area contributed by atoms with Gasteiger partial charge in [-0.1, -0.05) is 73.2 Å². The van der Waals surface area contributed by atoms with E-state index < -0.39 is 0 Å². The van der Waals surface area contributed by atoms with Gasteiger partial charge in [-0.15, -0.1) is 0 Å². The van der Waals surface area contributed by atoms with Gasteiger partial charge in [0, 0.05) is 11.4 Å².